The average Bonchev–Trinajstić information content (AvgIpc) is 3.16. The van der Waals surface area contributed by atoms with Gasteiger partial charge in [0.15, 0.2) is 6.61 Å². The lowest BCUT2D eigenvalue weighted by Gasteiger charge is -2.19. The highest BCUT2D eigenvalue weighted by Crippen LogP contribution is 2.26. The molecule has 0 spiro atoms. The zero-order valence-electron chi connectivity index (χ0n) is 15.5. The number of aryl methyl sites for hydroxylation is 2. The first-order chi connectivity index (χ1) is 12.9. The maximum atomic E-state index is 12.2. The predicted molar refractivity (Wildman–Crippen MR) is 105 cm³/mol. The number of rotatable bonds is 6. The van der Waals surface area contributed by atoms with Gasteiger partial charge in [0.1, 0.15) is 5.75 Å². The van der Waals surface area contributed by atoms with Crippen LogP contribution in [-0.2, 0) is 4.79 Å². The number of nitro groups is 1. The van der Waals surface area contributed by atoms with Crippen LogP contribution in [0.15, 0.2) is 36.4 Å². The van der Waals surface area contributed by atoms with E-state index in [1.807, 2.05) is 19.1 Å². The lowest BCUT2D eigenvalue weighted by molar-refractivity contribution is -0.385. The molecular formula is C20H23N3O4. The van der Waals surface area contributed by atoms with Crippen molar-refractivity contribution >= 4 is 23.0 Å². The van der Waals surface area contributed by atoms with Gasteiger partial charge in [-0.05, 0) is 62.6 Å². The minimum Gasteiger partial charge on any atom is -0.484 e. The van der Waals surface area contributed by atoms with Gasteiger partial charge in [0.2, 0.25) is 0 Å². The summed E-state index contributed by atoms with van der Waals surface area (Å²) in [5.74, 6) is 0.150. The summed E-state index contributed by atoms with van der Waals surface area (Å²) in [6.07, 6.45) is 2.44. The van der Waals surface area contributed by atoms with Crippen LogP contribution in [0.1, 0.15) is 24.0 Å². The maximum absolute atomic E-state index is 12.2. The number of hydrogen-bond donors (Lipinski definition) is 1. The van der Waals surface area contributed by atoms with Crippen molar-refractivity contribution in [3.05, 3.63) is 57.6 Å². The van der Waals surface area contributed by atoms with Crippen LogP contribution in [0.2, 0.25) is 0 Å². The maximum Gasteiger partial charge on any atom is 0.272 e. The summed E-state index contributed by atoms with van der Waals surface area (Å²) in [5, 5.41) is 13.7. The Hall–Kier alpha value is -3.09. The Morgan fingerprint density at radius 1 is 1.15 bits per heavy atom. The molecule has 0 unspecified atom stereocenters. The van der Waals surface area contributed by atoms with E-state index in [1.165, 1.54) is 30.7 Å². The fourth-order valence-corrected chi connectivity index (χ4v) is 3.22. The number of nitrogens with one attached hydrogen (secondary N) is 1. The first-order valence-electron chi connectivity index (χ1n) is 8.97. The van der Waals surface area contributed by atoms with Crippen molar-refractivity contribution in [3.63, 3.8) is 0 Å². The first kappa shape index (κ1) is 18.7. The molecule has 2 aromatic rings. The SMILES string of the molecule is Cc1cc(N2CCCC2)ccc1NC(=O)COc1ccc([N+](=O)[O-])c(C)c1. The third-order valence-corrected chi connectivity index (χ3v) is 4.69. The Labute approximate surface area is 158 Å². The van der Waals surface area contributed by atoms with Crippen LogP contribution >= 0.6 is 0 Å². The van der Waals surface area contributed by atoms with Gasteiger partial charge in [-0.25, -0.2) is 0 Å². The average molecular weight is 369 g/mol. The number of anilines is 2. The molecule has 0 atom stereocenters. The molecule has 0 radical (unpaired) electrons. The van der Waals surface area contributed by atoms with Gasteiger partial charge in [-0.3, -0.25) is 14.9 Å². The summed E-state index contributed by atoms with van der Waals surface area (Å²) in [5.41, 5.74) is 3.46. The molecule has 1 heterocycles. The minimum absolute atomic E-state index is 0.0283. The predicted octanol–water partition coefficient (Wildman–Crippen LogP) is 3.83. The highest BCUT2D eigenvalue weighted by molar-refractivity contribution is 5.92. The second kappa shape index (κ2) is 8.07. The third-order valence-electron chi connectivity index (χ3n) is 4.69. The fraction of sp³-hybridized carbons (Fsp3) is 0.350. The second-order valence-electron chi connectivity index (χ2n) is 6.74. The lowest BCUT2D eigenvalue weighted by Crippen LogP contribution is -2.21. The van der Waals surface area contributed by atoms with Crippen LogP contribution in [0, 0.1) is 24.0 Å². The van der Waals surface area contributed by atoms with E-state index < -0.39 is 4.92 Å². The second-order valence-corrected chi connectivity index (χ2v) is 6.74. The summed E-state index contributed by atoms with van der Waals surface area (Å²) < 4.78 is 5.46. The largest absolute Gasteiger partial charge is 0.484 e. The van der Waals surface area contributed by atoms with E-state index in [-0.39, 0.29) is 18.2 Å². The summed E-state index contributed by atoms with van der Waals surface area (Å²) in [6.45, 7) is 5.60. The number of carbonyl (C=O) groups excluding carboxylic acids is 1. The van der Waals surface area contributed by atoms with Gasteiger partial charge in [-0.15, -0.1) is 0 Å². The molecule has 7 heteroatoms. The standard InChI is InChI=1S/C20H23N3O4/c1-14-11-16(22-9-3-4-10-22)5-7-18(14)21-20(24)13-27-17-6-8-19(23(25)26)15(2)12-17/h5-8,11-12H,3-4,9-10,13H2,1-2H3,(H,21,24). The third kappa shape index (κ3) is 4.55. The summed E-state index contributed by atoms with van der Waals surface area (Å²) in [7, 11) is 0. The van der Waals surface area contributed by atoms with Crippen LogP contribution in [0.3, 0.4) is 0 Å². The molecule has 1 aliphatic heterocycles. The van der Waals surface area contributed by atoms with Gasteiger partial charge in [0, 0.05) is 36.1 Å². The molecule has 0 aliphatic carbocycles. The van der Waals surface area contributed by atoms with E-state index in [0.29, 0.717) is 11.3 Å². The Kier molecular flexibility index (Phi) is 5.59. The molecule has 142 valence electrons. The lowest BCUT2D eigenvalue weighted by atomic mass is 10.1. The van der Waals surface area contributed by atoms with Crippen LogP contribution in [0.4, 0.5) is 17.1 Å². The summed E-state index contributed by atoms with van der Waals surface area (Å²) in [6, 6.07) is 10.5. The molecule has 1 amide bonds. The molecule has 3 rings (SSSR count). The molecule has 7 nitrogen and oxygen atoms in total. The van der Waals surface area contributed by atoms with Crippen LogP contribution in [0.5, 0.6) is 5.75 Å². The van der Waals surface area contributed by atoms with Crippen molar-refractivity contribution in [1.29, 1.82) is 0 Å². The Bertz CT molecular complexity index is 860. The first-order valence-corrected chi connectivity index (χ1v) is 8.97. The number of ether oxygens (including phenoxy) is 1. The Morgan fingerprint density at radius 2 is 1.89 bits per heavy atom. The smallest absolute Gasteiger partial charge is 0.272 e. The molecule has 0 bridgehead atoms. The number of nitrogens with zero attached hydrogens (tertiary/aromatic N) is 2. The molecular weight excluding hydrogens is 346 g/mol. The van der Waals surface area contributed by atoms with Crippen molar-refractivity contribution in [1.82, 2.24) is 0 Å². The minimum atomic E-state index is -0.444. The Morgan fingerprint density at radius 3 is 2.52 bits per heavy atom. The van der Waals surface area contributed by atoms with Crippen molar-refractivity contribution in [3.8, 4) is 5.75 Å². The van der Waals surface area contributed by atoms with Crippen molar-refractivity contribution in [2.45, 2.75) is 26.7 Å². The van der Waals surface area contributed by atoms with Gasteiger partial charge in [0.25, 0.3) is 11.6 Å². The summed E-state index contributed by atoms with van der Waals surface area (Å²) in [4.78, 5) is 24.9. The highest BCUT2D eigenvalue weighted by Gasteiger charge is 2.14. The Balaban J connectivity index is 1.57. The zero-order chi connectivity index (χ0) is 19.4. The number of nitro benzene ring substituents is 1. The zero-order valence-corrected chi connectivity index (χ0v) is 15.5. The van der Waals surface area contributed by atoms with Crippen LogP contribution < -0.4 is 15.0 Å². The molecule has 27 heavy (non-hydrogen) atoms. The molecule has 1 fully saturated rings. The molecule has 1 aliphatic rings. The van der Waals surface area contributed by atoms with Gasteiger partial charge < -0.3 is 15.0 Å². The molecule has 0 saturated carbocycles. The molecule has 2 aromatic carbocycles. The number of benzene rings is 2. The van der Waals surface area contributed by atoms with Crippen LogP contribution in [-0.4, -0.2) is 30.5 Å². The van der Waals surface area contributed by atoms with E-state index in [2.05, 4.69) is 16.3 Å². The van der Waals surface area contributed by atoms with E-state index >= 15 is 0 Å². The topological polar surface area (TPSA) is 84.7 Å². The van der Waals surface area contributed by atoms with Crippen molar-refractivity contribution in [2.24, 2.45) is 0 Å². The van der Waals surface area contributed by atoms with Crippen molar-refractivity contribution in [2.75, 3.05) is 29.9 Å². The van der Waals surface area contributed by atoms with Gasteiger partial charge in [-0.2, -0.15) is 0 Å². The van der Waals surface area contributed by atoms with E-state index in [9.17, 15) is 14.9 Å². The normalized spacial score (nSPS) is 13.5. The number of amides is 1. The fourth-order valence-electron chi connectivity index (χ4n) is 3.22. The molecule has 0 aromatic heterocycles. The highest BCUT2D eigenvalue weighted by atomic mass is 16.6. The molecule has 1 saturated heterocycles. The number of carbonyl (C=O) groups is 1. The van der Waals surface area contributed by atoms with Gasteiger partial charge in [0.05, 0.1) is 4.92 Å². The van der Waals surface area contributed by atoms with E-state index in [1.54, 1.807) is 13.0 Å². The summed E-state index contributed by atoms with van der Waals surface area (Å²) >= 11 is 0. The quantitative estimate of drug-likeness (QED) is 0.618. The van der Waals surface area contributed by atoms with Gasteiger partial charge >= 0.3 is 0 Å². The number of hydrogen-bond acceptors (Lipinski definition) is 5. The monoisotopic (exact) mass is 369 g/mol. The van der Waals surface area contributed by atoms with Gasteiger partial charge in [-0.1, -0.05) is 0 Å². The van der Waals surface area contributed by atoms with Crippen LogP contribution in [0.25, 0.3) is 0 Å². The molecule has 1 N–H and O–H groups in total. The van der Waals surface area contributed by atoms with Crippen molar-refractivity contribution < 1.29 is 14.5 Å². The van der Waals surface area contributed by atoms with E-state index in [0.717, 1.165) is 24.3 Å². The van der Waals surface area contributed by atoms with E-state index in [4.69, 9.17) is 4.74 Å².